The maximum Gasteiger partial charge on any atom is 0.237 e. The summed E-state index contributed by atoms with van der Waals surface area (Å²) in [5.41, 5.74) is 1.97. The third kappa shape index (κ3) is 1.85. The number of rotatable bonds is 3. The van der Waals surface area contributed by atoms with Crippen molar-refractivity contribution in [1.82, 2.24) is 0 Å². The fourth-order valence-electron chi connectivity index (χ4n) is 2.03. The van der Waals surface area contributed by atoms with E-state index in [1.54, 1.807) is 4.90 Å². The molecule has 0 bridgehead atoms. The number of hydrogen-bond donors (Lipinski definition) is 0. The van der Waals surface area contributed by atoms with E-state index in [0.29, 0.717) is 12.2 Å². The molecule has 84 valence electrons. The molecule has 1 aliphatic rings. The number of fused-ring (bicyclic) bond motifs is 1. The second-order valence-corrected chi connectivity index (χ2v) is 4.60. The minimum absolute atomic E-state index is 0.00884. The number of nitrogens with zero attached hydrogens (tertiary/aromatic N) is 1. The zero-order chi connectivity index (χ0) is 11.5. The van der Waals surface area contributed by atoms with E-state index in [1.165, 1.54) is 11.8 Å². The molecule has 2 rings (SSSR count). The quantitative estimate of drug-likeness (QED) is 0.745. The number of aldehydes is 1. The molecule has 0 spiro atoms. The highest BCUT2D eigenvalue weighted by molar-refractivity contribution is 7.99. The topological polar surface area (TPSA) is 37.4 Å². The van der Waals surface area contributed by atoms with Gasteiger partial charge in [-0.05, 0) is 17.9 Å². The van der Waals surface area contributed by atoms with Crippen LogP contribution in [0.3, 0.4) is 0 Å². The van der Waals surface area contributed by atoms with E-state index in [-0.39, 0.29) is 11.9 Å². The van der Waals surface area contributed by atoms with E-state index in [0.717, 1.165) is 17.5 Å². The van der Waals surface area contributed by atoms with Crippen LogP contribution in [0.4, 0.5) is 5.69 Å². The van der Waals surface area contributed by atoms with Crippen molar-refractivity contribution in [3.63, 3.8) is 0 Å². The Hall–Kier alpha value is -1.29. The van der Waals surface area contributed by atoms with Crippen LogP contribution < -0.4 is 4.90 Å². The fraction of sp³-hybridized carbons (Fsp3) is 0.333. The van der Waals surface area contributed by atoms with Gasteiger partial charge in [-0.15, -0.1) is 0 Å². The van der Waals surface area contributed by atoms with Crippen LogP contribution in [0, 0.1) is 0 Å². The van der Waals surface area contributed by atoms with Gasteiger partial charge in [0.1, 0.15) is 6.29 Å². The number of benzene rings is 1. The highest BCUT2D eigenvalue weighted by Gasteiger charge is 2.32. The van der Waals surface area contributed by atoms with Crippen LogP contribution in [0.15, 0.2) is 24.3 Å². The van der Waals surface area contributed by atoms with Crippen LogP contribution in [0.25, 0.3) is 0 Å². The molecule has 0 radical (unpaired) electrons. The molecule has 1 aromatic carbocycles. The number of carbonyl (C=O) groups excluding carboxylic acids is 2. The van der Waals surface area contributed by atoms with E-state index < -0.39 is 0 Å². The van der Waals surface area contributed by atoms with Gasteiger partial charge in [-0.1, -0.05) is 18.2 Å². The van der Waals surface area contributed by atoms with Crippen molar-refractivity contribution in [3.8, 4) is 0 Å². The summed E-state index contributed by atoms with van der Waals surface area (Å²) in [6.45, 7) is 0. The van der Waals surface area contributed by atoms with E-state index in [9.17, 15) is 9.59 Å². The molecule has 1 unspecified atom stereocenters. The number of carbonyl (C=O) groups is 2. The minimum atomic E-state index is -0.322. The van der Waals surface area contributed by atoms with Crippen LogP contribution in [-0.2, 0) is 16.0 Å². The van der Waals surface area contributed by atoms with Crippen molar-refractivity contribution >= 4 is 29.6 Å². The molecule has 0 N–H and O–H groups in total. The van der Waals surface area contributed by atoms with Crippen molar-refractivity contribution in [2.75, 3.05) is 16.9 Å². The van der Waals surface area contributed by atoms with Gasteiger partial charge in [0.25, 0.3) is 0 Å². The Morgan fingerprint density at radius 2 is 2.31 bits per heavy atom. The number of para-hydroxylation sites is 1. The first-order chi connectivity index (χ1) is 7.77. The van der Waals surface area contributed by atoms with Gasteiger partial charge >= 0.3 is 0 Å². The Bertz CT molecular complexity index is 419. The number of thioether (sulfide) groups is 1. The zero-order valence-corrected chi connectivity index (χ0v) is 9.87. The SMILES string of the molecule is CSCC(=O)N1c2ccccc2CC1C=O. The predicted octanol–water partition coefficient (Wildman–Crippen LogP) is 1.51. The maximum absolute atomic E-state index is 11.9. The molecule has 0 fully saturated rings. The third-order valence-electron chi connectivity index (χ3n) is 2.71. The number of hydrogen-bond acceptors (Lipinski definition) is 3. The third-order valence-corrected chi connectivity index (χ3v) is 3.24. The highest BCUT2D eigenvalue weighted by atomic mass is 32.2. The van der Waals surface area contributed by atoms with E-state index in [4.69, 9.17) is 0 Å². The Morgan fingerprint density at radius 1 is 1.56 bits per heavy atom. The van der Waals surface area contributed by atoms with Gasteiger partial charge in [-0.3, -0.25) is 4.79 Å². The second-order valence-electron chi connectivity index (χ2n) is 3.73. The highest BCUT2D eigenvalue weighted by Crippen LogP contribution is 2.31. The Kier molecular flexibility index (Phi) is 3.29. The van der Waals surface area contributed by atoms with Gasteiger partial charge < -0.3 is 9.69 Å². The molecule has 1 heterocycles. The predicted molar refractivity (Wildman–Crippen MR) is 65.9 cm³/mol. The summed E-state index contributed by atoms with van der Waals surface area (Å²) in [4.78, 5) is 24.5. The smallest absolute Gasteiger partial charge is 0.237 e. The minimum Gasteiger partial charge on any atom is -0.301 e. The average molecular weight is 235 g/mol. The van der Waals surface area contributed by atoms with Gasteiger partial charge in [-0.2, -0.15) is 11.8 Å². The lowest BCUT2D eigenvalue weighted by Gasteiger charge is -2.21. The molecule has 4 heteroatoms. The van der Waals surface area contributed by atoms with Crippen molar-refractivity contribution in [1.29, 1.82) is 0 Å². The molecule has 0 aliphatic carbocycles. The summed E-state index contributed by atoms with van der Waals surface area (Å²) in [6.07, 6.45) is 3.38. The molecule has 1 atom stereocenters. The summed E-state index contributed by atoms with van der Waals surface area (Å²) in [6, 6.07) is 7.38. The first-order valence-electron chi connectivity index (χ1n) is 5.12. The number of amides is 1. The summed E-state index contributed by atoms with van der Waals surface area (Å²) >= 11 is 1.48. The molecule has 16 heavy (non-hydrogen) atoms. The lowest BCUT2D eigenvalue weighted by molar-refractivity contribution is -0.118. The van der Waals surface area contributed by atoms with Crippen LogP contribution in [0.2, 0.25) is 0 Å². The summed E-state index contributed by atoms with van der Waals surface area (Å²) in [7, 11) is 0. The van der Waals surface area contributed by atoms with Gasteiger partial charge in [0.2, 0.25) is 5.91 Å². The first-order valence-corrected chi connectivity index (χ1v) is 6.51. The summed E-state index contributed by atoms with van der Waals surface area (Å²) in [5, 5.41) is 0. The van der Waals surface area contributed by atoms with Crippen LogP contribution in [-0.4, -0.2) is 30.2 Å². The van der Waals surface area contributed by atoms with Gasteiger partial charge in [0, 0.05) is 12.1 Å². The number of anilines is 1. The molecule has 0 aromatic heterocycles. The van der Waals surface area contributed by atoms with Gasteiger partial charge in [0.15, 0.2) is 0 Å². The fourth-order valence-corrected chi connectivity index (χ4v) is 2.42. The molecular formula is C12H13NO2S. The second kappa shape index (κ2) is 4.70. The van der Waals surface area contributed by atoms with Crippen LogP contribution in [0.1, 0.15) is 5.56 Å². The van der Waals surface area contributed by atoms with Crippen molar-refractivity contribution in [2.24, 2.45) is 0 Å². The molecular weight excluding hydrogens is 222 g/mol. The Balaban J connectivity index is 2.34. The van der Waals surface area contributed by atoms with E-state index in [2.05, 4.69) is 0 Å². The first kappa shape index (κ1) is 11.2. The molecule has 1 aromatic rings. The Morgan fingerprint density at radius 3 is 3.00 bits per heavy atom. The normalized spacial score (nSPS) is 18.3. The van der Waals surface area contributed by atoms with Gasteiger partial charge in [0.05, 0.1) is 11.8 Å². The van der Waals surface area contributed by atoms with Crippen LogP contribution >= 0.6 is 11.8 Å². The van der Waals surface area contributed by atoms with Crippen molar-refractivity contribution in [2.45, 2.75) is 12.5 Å². The lowest BCUT2D eigenvalue weighted by atomic mass is 10.1. The maximum atomic E-state index is 11.9. The van der Waals surface area contributed by atoms with Crippen molar-refractivity contribution < 1.29 is 9.59 Å². The molecule has 1 aliphatic heterocycles. The monoisotopic (exact) mass is 235 g/mol. The lowest BCUT2D eigenvalue weighted by Crippen LogP contribution is -2.39. The summed E-state index contributed by atoms with van der Waals surface area (Å²) in [5.74, 6) is 0.424. The Labute approximate surface area is 98.8 Å². The molecule has 3 nitrogen and oxygen atoms in total. The zero-order valence-electron chi connectivity index (χ0n) is 9.05. The largest absolute Gasteiger partial charge is 0.301 e. The van der Waals surface area contributed by atoms with Crippen LogP contribution in [0.5, 0.6) is 0 Å². The molecule has 1 amide bonds. The standard InChI is InChI=1S/C12H13NO2S/c1-16-8-12(15)13-10(7-14)6-9-4-2-3-5-11(9)13/h2-5,7,10H,6,8H2,1H3. The molecule has 0 saturated carbocycles. The van der Waals surface area contributed by atoms with E-state index >= 15 is 0 Å². The van der Waals surface area contributed by atoms with Gasteiger partial charge in [-0.25, -0.2) is 0 Å². The average Bonchev–Trinajstić information content (AvgIpc) is 2.67. The van der Waals surface area contributed by atoms with Crippen molar-refractivity contribution in [3.05, 3.63) is 29.8 Å². The summed E-state index contributed by atoms with van der Waals surface area (Å²) < 4.78 is 0. The molecule has 0 saturated heterocycles. The van der Waals surface area contributed by atoms with E-state index in [1.807, 2.05) is 30.5 Å².